The fourth-order valence-corrected chi connectivity index (χ4v) is 2.45. The minimum atomic E-state index is -1.32. The van der Waals surface area contributed by atoms with Crippen LogP contribution >= 0.6 is 15.9 Å². The molecule has 0 bridgehead atoms. The summed E-state index contributed by atoms with van der Waals surface area (Å²) in [6.45, 7) is 3.07. The summed E-state index contributed by atoms with van der Waals surface area (Å²) in [5.74, 6) is -2.00. The Morgan fingerprint density at radius 1 is 1.38 bits per heavy atom. The Kier molecular flexibility index (Phi) is 6.33. The van der Waals surface area contributed by atoms with Gasteiger partial charge in [0, 0.05) is 12.5 Å². The van der Waals surface area contributed by atoms with Crippen LogP contribution < -0.4 is 0 Å². The maximum Gasteiger partial charge on any atom is 0.313 e. The number of rotatable bonds is 7. The van der Waals surface area contributed by atoms with Crippen LogP contribution in [0.15, 0.2) is 22.7 Å². The van der Waals surface area contributed by atoms with Gasteiger partial charge in [-0.2, -0.15) is 0 Å². The average Bonchev–Trinajstić information content (AvgIpc) is 2.40. The van der Waals surface area contributed by atoms with Crippen LogP contribution in [0.4, 0.5) is 4.39 Å². The highest BCUT2D eigenvalue weighted by Crippen LogP contribution is 2.34. The molecule has 4 nitrogen and oxygen atoms in total. The molecule has 0 aliphatic carbocycles. The molecule has 0 saturated heterocycles. The van der Waals surface area contributed by atoms with Crippen molar-refractivity contribution in [1.29, 1.82) is 0 Å². The zero-order valence-electron chi connectivity index (χ0n) is 12.0. The number of esters is 1. The van der Waals surface area contributed by atoms with Gasteiger partial charge < -0.3 is 9.84 Å². The molecule has 0 radical (unpaired) electrons. The van der Waals surface area contributed by atoms with Crippen molar-refractivity contribution in [2.24, 2.45) is 0 Å². The lowest BCUT2D eigenvalue weighted by Crippen LogP contribution is -2.33. The number of carboxylic acid groups (broad SMARTS) is 1. The number of hydrogen-bond donors (Lipinski definition) is 1. The Morgan fingerprint density at radius 3 is 2.62 bits per heavy atom. The van der Waals surface area contributed by atoms with E-state index in [-0.39, 0.29) is 29.0 Å². The molecular weight excluding hydrogens is 343 g/mol. The first kappa shape index (κ1) is 17.6. The van der Waals surface area contributed by atoms with Crippen LogP contribution in [0, 0.1) is 5.82 Å². The van der Waals surface area contributed by atoms with Crippen LogP contribution in [-0.2, 0) is 19.7 Å². The Labute approximate surface area is 131 Å². The standard InChI is InChI=1S/C15H18BrFO4/c1-10(18)21-9-4-3-8-15(2,14(19)20)11-6-5-7-12(16)13(11)17/h5-7H,3-4,8-9H2,1-2H3,(H,19,20). The molecule has 1 atom stereocenters. The van der Waals surface area contributed by atoms with Crippen LogP contribution in [-0.4, -0.2) is 23.7 Å². The first-order valence-corrected chi connectivity index (χ1v) is 7.39. The molecule has 0 saturated carbocycles. The minimum absolute atomic E-state index is 0.150. The van der Waals surface area contributed by atoms with Gasteiger partial charge in [0.05, 0.1) is 16.5 Å². The molecule has 1 unspecified atom stereocenters. The minimum Gasteiger partial charge on any atom is -0.481 e. The van der Waals surface area contributed by atoms with Crippen molar-refractivity contribution >= 4 is 27.9 Å². The smallest absolute Gasteiger partial charge is 0.313 e. The molecule has 0 amide bonds. The van der Waals surface area contributed by atoms with Crippen molar-refractivity contribution in [1.82, 2.24) is 0 Å². The molecule has 1 aromatic carbocycles. The molecule has 0 spiro atoms. The first-order chi connectivity index (χ1) is 9.79. The second-order valence-corrected chi connectivity index (χ2v) is 5.89. The summed E-state index contributed by atoms with van der Waals surface area (Å²) >= 11 is 3.07. The second kappa shape index (κ2) is 7.54. The Balaban J connectivity index is 2.82. The van der Waals surface area contributed by atoms with Crippen LogP contribution in [0.25, 0.3) is 0 Å². The third-order valence-corrected chi connectivity index (χ3v) is 4.01. The summed E-state index contributed by atoms with van der Waals surface area (Å²) in [6, 6.07) is 4.63. The zero-order valence-corrected chi connectivity index (χ0v) is 13.6. The monoisotopic (exact) mass is 360 g/mol. The average molecular weight is 361 g/mol. The summed E-state index contributed by atoms with van der Waals surface area (Å²) in [5, 5.41) is 9.48. The van der Waals surface area contributed by atoms with E-state index in [0.717, 1.165) is 0 Å². The van der Waals surface area contributed by atoms with Gasteiger partial charge in [0.25, 0.3) is 0 Å². The van der Waals surface area contributed by atoms with Crippen molar-refractivity contribution in [2.75, 3.05) is 6.61 Å². The number of carbonyl (C=O) groups is 2. The van der Waals surface area contributed by atoms with E-state index in [1.165, 1.54) is 26.0 Å². The zero-order chi connectivity index (χ0) is 16.0. The normalized spacial score (nSPS) is 13.5. The highest BCUT2D eigenvalue weighted by molar-refractivity contribution is 9.10. The molecule has 0 fully saturated rings. The van der Waals surface area contributed by atoms with Crippen molar-refractivity contribution in [3.05, 3.63) is 34.1 Å². The van der Waals surface area contributed by atoms with E-state index < -0.39 is 17.2 Å². The highest BCUT2D eigenvalue weighted by atomic mass is 79.9. The number of benzene rings is 1. The van der Waals surface area contributed by atoms with Gasteiger partial charge in [0.2, 0.25) is 0 Å². The Bertz CT molecular complexity index is 532. The lowest BCUT2D eigenvalue weighted by atomic mass is 9.78. The van der Waals surface area contributed by atoms with E-state index in [1.807, 2.05) is 0 Å². The number of aliphatic carboxylic acids is 1. The second-order valence-electron chi connectivity index (χ2n) is 5.04. The lowest BCUT2D eigenvalue weighted by molar-refractivity contribution is -0.144. The highest BCUT2D eigenvalue weighted by Gasteiger charge is 2.37. The van der Waals surface area contributed by atoms with Gasteiger partial charge in [0.15, 0.2) is 0 Å². The van der Waals surface area contributed by atoms with Gasteiger partial charge >= 0.3 is 11.9 Å². The first-order valence-electron chi connectivity index (χ1n) is 6.60. The van der Waals surface area contributed by atoms with E-state index >= 15 is 0 Å². The van der Waals surface area contributed by atoms with Crippen LogP contribution in [0.3, 0.4) is 0 Å². The number of carboxylic acids is 1. The van der Waals surface area contributed by atoms with E-state index in [1.54, 1.807) is 6.07 Å². The molecule has 1 rings (SSSR count). The van der Waals surface area contributed by atoms with E-state index in [2.05, 4.69) is 15.9 Å². The van der Waals surface area contributed by atoms with Crippen molar-refractivity contribution < 1.29 is 23.8 Å². The largest absolute Gasteiger partial charge is 0.481 e. The molecular formula is C15H18BrFO4. The lowest BCUT2D eigenvalue weighted by Gasteiger charge is -2.26. The van der Waals surface area contributed by atoms with Crippen LogP contribution in [0.1, 0.15) is 38.7 Å². The topological polar surface area (TPSA) is 63.6 Å². The molecule has 116 valence electrons. The molecule has 1 aromatic rings. The fourth-order valence-electron chi connectivity index (χ4n) is 2.08. The van der Waals surface area contributed by atoms with Gasteiger partial charge in [-0.3, -0.25) is 9.59 Å². The fraction of sp³-hybridized carbons (Fsp3) is 0.467. The van der Waals surface area contributed by atoms with Gasteiger partial charge in [-0.25, -0.2) is 4.39 Å². The maximum atomic E-state index is 14.2. The SMILES string of the molecule is CC(=O)OCCCCC(C)(C(=O)O)c1cccc(Br)c1F. The molecule has 0 heterocycles. The number of halogens is 2. The summed E-state index contributed by atoms with van der Waals surface area (Å²) in [4.78, 5) is 22.2. The number of hydrogen-bond acceptors (Lipinski definition) is 3. The summed E-state index contributed by atoms with van der Waals surface area (Å²) < 4.78 is 19.2. The summed E-state index contributed by atoms with van der Waals surface area (Å²) in [6.07, 6.45) is 1.32. The maximum absolute atomic E-state index is 14.2. The number of ether oxygens (including phenoxy) is 1. The van der Waals surface area contributed by atoms with Crippen molar-refractivity contribution in [3.63, 3.8) is 0 Å². The Morgan fingerprint density at radius 2 is 2.05 bits per heavy atom. The van der Waals surface area contributed by atoms with Gasteiger partial charge in [-0.05, 0) is 48.2 Å². The molecule has 0 aliphatic heterocycles. The molecule has 0 aromatic heterocycles. The molecule has 1 N–H and O–H groups in total. The quantitative estimate of drug-likeness (QED) is 0.595. The molecule has 6 heteroatoms. The van der Waals surface area contributed by atoms with Gasteiger partial charge in [-0.15, -0.1) is 0 Å². The number of carbonyl (C=O) groups excluding carboxylic acids is 1. The third-order valence-electron chi connectivity index (χ3n) is 3.39. The third kappa shape index (κ3) is 4.52. The summed E-state index contributed by atoms with van der Waals surface area (Å²) in [7, 11) is 0. The van der Waals surface area contributed by atoms with E-state index in [9.17, 15) is 19.1 Å². The summed E-state index contributed by atoms with van der Waals surface area (Å²) in [5.41, 5.74) is -1.17. The van der Waals surface area contributed by atoms with Crippen LogP contribution in [0.2, 0.25) is 0 Å². The van der Waals surface area contributed by atoms with E-state index in [0.29, 0.717) is 12.8 Å². The predicted molar refractivity (Wildman–Crippen MR) is 79.6 cm³/mol. The Hall–Kier alpha value is -1.43. The van der Waals surface area contributed by atoms with Crippen molar-refractivity contribution in [2.45, 2.75) is 38.5 Å². The predicted octanol–water partition coefficient (Wildman–Crippen LogP) is 3.66. The van der Waals surface area contributed by atoms with Crippen molar-refractivity contribution in [3.8, 4) is 0 Å². The molecule has 0 aliphatic rings. The van der Waals surface area contributed by atoms with E-state index in [4.69, 9.17) is 4.74 Å². The molecule has 21 heavy (non-hydrogen) atoms. The van der Waals surface area contributed by atoms with Gasteiger partial charge in [0.1, 0.15) is 5.82 Å². The number of unbranched alkanes of at least 4 members (excludes halogenated alkanes) is 1. The van der Waals surface area contributed by atoms with Crippen LogP contribution in [0.5, 0.6) is 0 Å². The van der Waals surface area contributed by atoms with Gasteiger partial charge in [-0.1, -0.05) is 12.1 Å².